The van der Waals surface area contributed by atoms with E-state index in [1.54, 1.807) is 38.5 Å². The van der Waals surface area contributed by atoms with Crippen LogP contribution in [0.1, 0.15) is 36.1 Å². The second kappa shape index (κ2) is 10.3. The zero-order chi connectivity index (χ0) is 23.3. The number of para-hydroxylation sites is 1. The number of likely N-dealkylation sites (tertiary alicyclic amines) is 1. The Morgan fingerprint density at radius 3 is 2.53 bits per heavy atom. The summed E-state index contributed by atoms with van der Waals surface area (Å²) >= 11 is 0. The lowest BCUT2D eigenvalue weighted by Crippen LogP contribution is -2.31. The number of aryl methyl sites for hydroxylation is 1. The molecule has 0 radical (unpaired) electrons. The van der Waals surface area contributed by atoms with Crippen molar-refractivity contribution in [2.45, 2.75) is 26.3 Å². The van der Waals surface area contributed by atoms with Gasteiger partial charge in [-0.3, -0.25) is 9.59 Å². The smallest absolute Gasteiger partial charge is 0.295 e. The molecule has 7 nitrogen and oxygen atoms in total. The van der Waals surface area contributed by atoms with Crippen LogP contribution in [0.5, 0.6) is 11.5 Å². The summed E-state index contributed by atoms with van der Waals surface area (Å²) in [5.74, 6) is -0.376. The third kappa shape index (κ3) is 4.48. The van der Waals surface area contributed by atoms with Crippen molar-refractivity contribution in [3.63, 3.8) is 0 Å². The normalized spacial score (nSPS) is 17.6. The van der Waals surface area contributed by atoms with E-state index >= 15 is 0 Å². The van der Waals surface area contributed by atoms with Crippen molar-refractivity contribution in [3.8, 4) is 11.5 Å². The molecule has 1 saturated heterocycles. The molecule has 170 valence electrons. The van der Waals surface area contributed by atoms with Gasteiger partial charge in [-0.2, -0.15) is 0 Å². The molecule has 2 aromatic rings. The molecule has 0 bridgehead atoms. The van der Waals surface area contributed by atoms with Crippen LogP contribution in [0.25, 0.3) is 5.76 Å². The van der Waals surface area contributed by atoms with Crippen LogP contribution in [0.2, 0.25) is 0 Å². The van der Waals surface area contributed by atoms with E-state index < -0.39 is 17.7 Å². The summed E-state index contributed by atoms with van der Waals surface area (Å²) in [6, 6.07) is 11.7. The van der Waals surface area contributed by atoms with Crippen molar-refractivity contribution in [3.05, 3.63) is 64.7 Å². The van der Waals surface area contributed by atoms with Gasteiger partial charge in [0.2, 0.25) is 0 Å². The third-order valence-corrected chi connectivity index (χ3v) is 5.49. The zero-order valence-electron chi connectivity index (χ0n) is 18.9. The number of ether oxygens (including phenoxy) is 3. The molecule has 0 spiro atoms. The largest absolute Gasteiger partial charge is 0.507 e. The fourth-order valence-corrected chi connectivity index (χ4v) is 3.98. The summed E-state index contributed by atoms with van der Waals surface area (Å²) in [6.07, 6.45) is 0.554. The number of hydrogen-bond acceptors (Lipinski definition) is 6. The van der Waals surface area contributed by atoms with Gasteiger partial charge in [0.1, 0.15) is 17.3 Å². The molecule has 1 fully saturated rings. The molecule has 0 saturated carbocycles. The summed E-state index contributed by atoms with van der Waals surface area (Å²) < 4.78 is 16.2. The number of ketones is 1. The molecule has 1 N–H and O–H groups in total. The van der Waals surface area contributed by atoms with Crippen molar-refractivity contribution in [1.82, 2.24) is 4.90 Å². The molecule has 1 atom stereocenters. The molecule has 0 aliphatic carbocycles. The monoisotopic (exact) mass is 439 g/mol. The minimum Gasteiger partial charge on any atom is -0.507 e. The van der Waals surface area contributed by atoms with Gasteiger partial charge in [0.15, 0.2) is 0 Å². The number of Topliss-reactive ketones (excluding diaryl/α,β-unsaturated/α-hetero) is 1. The maximum absolute atomic E-state index is 13.1. The molecule has 1 aliphatic rings. The molecular formula is C25H29NO6. The van der Waals surface area contributed by atoms with Gasteiger partial charge in [-0.05, 0) is 50.1 Å². The van der Waals surface area contributed by atoms with Gasteiger partial charge in [0, 0.05) is 31.4 Å². The predicted molar refractivity (Wildman–Crippen MR) is 121 cm³/mol. The average molecular weight is 440 g/mol. The molecule has 1 heterocycles. The Morgan fingerprint density at radius 1 is 1.12 bits per heavy atom. The van der Waals surface area contributed by atoms with E-state index in [2.05, 4.69) is 0 Å². The van der Waals surface area contributed by atoms with Gasteiger partial charge in [-0.1, -0.05) is 18.2 Å². The number of benzene rings is 2. The third-order valence-electron chi connectivity index (χ3n) is 5.49. The number of methoxy groups -OCH3 is 2. The van der Waals surface area contributed by atoms with Gasteiger partial charge in [0.25, 0.3) is 11.7 Å². The first-order chi connectivity index (χ1) is 15.4. The number of aliphatic hydroxyl groups excluding tert-OH is 1. The van der Waals surface area contributed by atoms with Gasteiger partial charge in [-0.15, -0.1) is 0 Å². The molecule has 1 amide bonds. The maximum atomic E-state index is 13.1. The summed E-state index contributed by atoms with van der Waals surface area (Å²) in [6.45, 7) is 4.86. The van der Waals surface area contributed by atoms with Crippen LogP contribution in [-0.4, -0.2) is 55.7 Å². The second-order valence-corrected chi connectivity index (χ2v) is 7.49. The van der Waals surface area contributed by atoms with Gasteiger partial charge in [-0.25, -0.2) is 0 Å². The van der Waals surface area contributed by atoms with E-state index in [9.17, 15) is 14.7 Å². The number of amides is 1. The second-order valence-electron chi connectivity index (χ2n) is 7.49. The number of hydrogen-bond donors (Lipinski definition) is 1. The number of aliphatic hydroxyl groups is 1. The lowest BCUT2D eigenvalue weighted by Gasteiger charge is -2.27. The van der Waals surface area contributed by atoms with E-state index in [4.69, 9.17) is 14.2 Å². The number of nitrogens with zero attached hydrogens (tertiary/aromatic N) is 1. The molecule has 7 heteroatoms. The molecule has 1 aliphatic heterocycles. The van der Waals surface area contributed by atoms with Crippen LogP contribution in [0.3, 0.4) is 0 Å². The van der Waals surface area contributed by atoms with Crippen LogP contribution >= 0.6 is 0 Å². The van der Waals surface area contributed by atoms with Crippen molar-refractivity contribution >= 4 is 17.4 Å². The predicted octanol–water partition coefficient (Wildman–Crippen LogP) is 3.86. The van der Waals surface area contributed by atoms with Crippen molar-refractivity contribution in [1.29, 1.82) is 0 Å². The summed E-state index contributed by atoms with van der Waals surface area (Å²) in [4.78, 5) is 27.6. The highest BCUT2D eigenvalue weighted by Gasteiger charge is 2.46. The van der Waals surface area contributed by atoms with Gasteiger partial charge >= 0.3 is 0 Å². The molecule has 0 unspecified atom stereocenters. The molecule has 32 heavy (non-hydrogen) atoms. The number of carbonyl (C=O) groups is 2. The molecule has 0 aromatic heterocycles. The Hall–Kier alpha value is -3.32. The highest BCUT2D eigenvalue weighted by atomic mass is 16.5. The summed E-state index contributed by atoms with van der Waals surface area (Å²) in [7, 11) is 3.15. The summed E-state index contributed by atoms with van der Waals surface area (Å²) in [5, 5.41) is 11.3. The molecular weight excluding hydrogens is 410 g/mol. The van der Waals surface area contributed by atoms with Crippen LogP contribution in [-0.2, 0) is 14.3 Å². The zero-order valence-corrected chi connectivity index (χ0v) is 18.9. The minimum atomic E-state index is -0.767. The average Bonchev–Trinajstić information content (AvgIpc) is 3.04. The first-order valence-electron chi connectivity index (χ1n) is 10.6. The quantitative estimate of drug-likeness (QED) is 0.276. The highest BCUT2D eigenvalue weighted by molar-refractivity contribution is 6.46. The fraction of sp³-hybridized carbons (Fsp3) is 0.360. The van der Waals surface area contributed by atoms with E-state index in [0.29, 0.717) is 48.8 Å². The van der Waals surface area contributed by atoms with Crippen molar-refractivity contribution < 1.29 is 28.9 Å². The van der Waals surface area contributed by atoms with Crippen LogP contribution in [0.15, 0.2) is 48.0 Å². The van der Waals surface area contributed by atoms with Crippen LogP contribution < -0.4 is 9.47 Å². The lowest BCUT2D eigenvalue weighted by atomic mass is 9.93. The Kier molecular flexibility index (Phi) is 7.53. The van der Waals surface area contributed by atoms with E-state index in [1.807, 2.05) is 32.0 Å². The topological polar surface area (TPSA) is 85.3 Å². The summed E-state index contributed by atoms with van der Waals surface area (Å²) in [5.41, 5.74) is 1.90. The Morgan fingerprint density at radius 2 is 1.88 bits per heavy atom. The fourth-order valence-electron chi connectivity index (χ4n) is 3.98. The highest BCUT2D eigenvalue weighted by Crippen LogP contribution is 2.43. The first kappa shape index (κ1) is 23.3. The van der Waals surface area contributed by atoms with E-state index in [1.165, 1.54) is 4.90 Å². The number of rotatable bonds is 9. The van der Waals surface area contributed by atoms with Crippen molar-refractivity contribution in [2.75, 3.05) is 34.0 Å². The van der Waals surface area contributed by atoms with E-state index in [-0.39, 0.29) is 11.3 Å². The first-order valence-corrected chi connectivity index (χ1v) is 10.6. The molecule has 2 aromatic carbocycles. The Labute approximate surface area is 188 Å². The van der Waals surface area contributed by atoms with Crippen LogP contribution in [0.4, 0.5) is 0 Å². The maximum Gasteiger partial charge on any atom is 0.295 e. The van der Waals surface area contributed by atoms with E-state index in [0.717, 1.165) is 5.56 Å². The SMILES string of the molecule is CCOc1ccccc1[C@H]1/C(=C(\O)c2ccc(OC)cc2C)C(=O)C(=O)N1CCCOC. The minimum absolute atomic E-state index is 0.0489. The Bertz CT molecular complexity index is 1030. The van der Waals surface area contributed by atoms with Crippen molar-refractivity contribution in [2.24, 2.45) is 0 Å². The van der Waals surface area contributed by atoms with Crippen LogP contribution in [0, 0.1) is 6.92 Å². The standard InChI is InChI=1S/C25H29NO6/c1-5-32-20-10-7-6-9-19(20)22-21(24(28)25(29)26(22)13-8-14-30-3)23(27)18-12-11-17(31-4)15-16(18)2/h6-7,9-12,15,22,27H,5,8,13-14H2,1-4H3/b23-21+/t22-/m0/s1. The Balaban J connectivity index is 2.19. The van der Waals surface area contributed by atoms with Gasteiger partial charge < -0.3 is 24.2 Å². The number of carbonyl (C=O) groups excluding carboxylic acids is 2. The molecule has 3 rings (SSSR count). The van der Waals surface area contributed by atoms with Gasteiger partial charge in [0.05, 0.1) is 25.3 Å². The lowest BCUT2D eigenvalue weighted by molar-refractivity contribution is -0.140.